The molecular weight excluding hydrogens is 477 g/mol. The Morgan fingerprint density at radius 1 is 1.06 bits per heavy atom. The summed E-state index contributed by atoms with van der Waals surface area (Å²) in [7, 11) is 0. The Morgan fingerprint density at radius 2 is 1.66 bits per heavy atom. The molecule has 2 heterocycles. The molecule has 2 aliphatic heterocycles. The van der Waals surface area contributed by atoms with Crippen molar-refractivity contribution in [1.29, 1.82) is 0 Å². The lowest BCUT2D eigenvalue weighted by atomic mass is 9.86. The molecule has 4 nitrogen and oxygen atoms in total. The van der Waals surface area contributed by atoms with Crippen molar-refractivity contribution >= 4 is 34.8 Å². The molecule has 4 rings (SSSR count). The van der Waals surface area contributed by atoms with Crippen LogP contribution in [-0.4, -0.2) is 43.5 Å². The van der Waals surface area contributed by atoms with E-state index in [1.807, 2.05) is 18.2 Å². The number of carbonyl (C=O) groups is 1. The molecule has 2 aromatic rings. The molecule has 1 amide bonds. The number of carbonyl (C=O) groups excluding carboxylic acids is 1. The van der Waals surface area contributed by atoms with Crippen molar-refractivity contribution in [2.75, 3.05) is 37.6 Å². The SMILES string of the molecule is Cc1cc(C2CN(c3c(Cl)cccc3Cl)C2)cc(C)c1CN1CCC(C(=O)NCCC(C)C)CC1. The summed E-state index contributed by atoms with van der Waals surface area (Å²) >= 11 is 12.8. The maximum Gasteiger partial charge on any atom is 0.223 e. The van der Waals surface area contributed by atoms with E-state index in [1.54, 1.807) is 0 Å². The molecule has 0 radical (unpaired) electrons. The van der Waals surface area contributed by atoms with E-state index in [1.165, 1.54) is 22.3 Å². The maximum atomic E-state index is 12.5. The highest BCUT2D eigenvalue weighted by Gasteiger charge is 2.31. The zero-order valence-corrected chi connectivity index (χ0v) is 23.1. The van der Waals surface area contributed by atoms with E-state index in [0.29, 0.717) is 11.8 Å². The lowest BCUT2D eigenvalue weighted by molar-refractivity contribution is -0.126. The summed E-state index contributed by atoms with van der Waals surface area (Å²) in [5.74, 6) is 1.53. The van der Waals surface area contributed by atoms with Crippen molar-refractivity contribution < 1.29 is 4.79 Å². The van der Waals surface area contributed by atoms with Crippen LogP contribution in [0.1, 0.15) is 61.3 Å². The number of piperidine rings is 1. The van der Waals surface area contributed by atoms with Gasteiger partial charge in [-0.15, -0.1) is 0 Å². The zero-order chi connectivity index (χ0) is 25.1. The summed E-state index contributed by atoms with van der Waals surface area (Å²) in [6.45, 7) is 14.5. The van der Waals surface area contributed by atoms with Gasteiger partial charge in [-0.3, -0.25) is 9.69 Å². The molecular formula is C29H39Cl2N3O. The Balaban J connectivity index is 1.30. The summed E-state index contributed by atoms with van der Waals surface area (Å²) in [5, 5.41) is 4.57. The Kier molecular flexibility index (Phi) is 8.67. The lowest BCUT2D eigenvalue weighted by Gasteiger charge is -2.42. The fourth-order valence-electron chi connectivity index (χ4n) is 5.38. The number of benzene rings is 2. The molecule has 1 N–H and O–H groups in total. The molecule has 0 atom stereocenters. The topological polar surface area (TPSA) is 35.6 Å². The molecule has 35 heavy (non-hydrogen) atoms. The van der Waals surface area contributed by atoms with Crippen molar-refractivity contribution in [1.82, 2.24) is 10.2 Å². The fraction of sp³-hybridized carbons (Fsp3) is 0.552. The van der Waals surface area contributed by atoms with Crippen LogP contribution in [0.15, 0.2) is 30.3 Å². The number of rotatable bonds is 8. The van der Waals surface area contributed by atoms with Gasteiger partial charge in [-0.05, 0) is 86.5 Å². The third-order valence-electron chi connectivity index (χ3n) is 7.69. The molecule has 6 heteroatoms. The monoisotopic (exact) mass is 515 g/mol. The van der Waals surface area contributed by atoms with Gasteiger partial charge in [-0.1, -0.05) is 55.2 Å². The number of amides is 1. The number of likely N-dealkylation sites (tertiary alicyclic amines) is 1. The number of anilines is 1. The summed E-state index contributed by atoms with van der Waals surface area (Å²) in [6, 6.07) is 10.4. The highest BCUT2D eigenvalue weighted by molar-refractivity contribution is 6.39. The van der Waals surface area contributed by atoms with Gasteiger partial charge in [0, 0.05) is 38.0 Å². The Bertz CT molecular complexity index is 997. The Morgan fingerprint density at radius 3 is 2.23 bits per heavy atom. The van der Waals surface area contributed by atoms with E-state index in [2.05, 4.69) is 54.9 Å². The van der Waals surface area contributed by atoms with Crippen LogP contribution in [0, 0.1) is 25.7 Å². The Hall–Kier alpha value is -1.75. The van der Waals surface area contributed by atoms with Crippen molar-refractivity contribution in [3.05, 3.63) is 62.6 Å². The quantitative estimate of drug-likeness (QED) is 0.430. The van der Waals surface area contributed by atoms with E-state index in [-0.39, 0.29) is 11.8 Å². The van der Waals surface area contributed by atoms with Gasteiger partial charge in [-0.25, -0.2) is 0 Å². The van der Waals surface area contributed by atoms with Gasteiger partial charge in [0.2, 0.25) is 5.91 Å². The summed E-state index contributed by atoms with van der Waals surface area (Å²) in [4.78, 5) is 17.3. The molecule has 2 saturated heterocycles. The number of nitrogens with one attached hydrogen (secondary N) is 1. The largest absolute Gasteiger partial charge is 0.368 e. The van der Waals surface area contributed by atoms with Crippen LogP contribution >= 0.6 is 23.2 Å². The van der Waals surface area contributed by atoms with Gasteiger partial charge >= 0.3 is 0 Å². The van der Waals surface area contributed by atoms with Crippen LogP contribution in [0.4, 0.5) is 5.69 Å². The van der Waals surface area contributed by atoms with Crippen molar-refractivity contribution in [2.24, 2.45) is 11.8 Å². The average molecular weight is 517 g/mol. The zero-order valence-electron chi connectivity index (χ0n) is 21.5. The second-order valence-corrected chi connectivity index (χ2v) is 11.6. The third kappa shape index (κ3) is 6.34. The van der Waals surface area contributed by atoms with E-state index < -0.39 is 0 Å². The number of nitrogens with zero attached hydrogens (tertiary/aromatic N) is 2. The lowest BCUT2D eigenvalue weighted by Crippen LogP contribution is -2.45. The number of hydrogen-bond donors (Lipinski definition) is 1. The molecule has 0 aromatic heterocycles. The summed E-state index contributed by atoms with van der Waals surface area (Å²) in [6.07, 6.45) is 2.95. The summed E-state index contributed by atoms with van der Waals surface area (Å²) < 4.78 is 0. The molecule has 2 aliphatic rings. The van der Waals surface area contributed by atoms with Crippen LogP contribution in [0.25, 0.3) is 0 Å². The molecule has 0 unspecified atom stereocenters. The average Bonchev–Trinajstić information content (AvgIpc) is 2.77. The van der Waals surface area contributed by atoms with E-state index in [9.17, 15) is 4.79 Å². The smallest absolute Gasteiger partial charge is 0.223 e. The first-order chi connectivity index (χ1) is 16.7. The van der Waals surface area contributed by atoms with Crippen molar-refractivity contribution in [2.45, 2.75) is 59.4 Å². The first-order valence-electron chi connectivity index (χ1n) is 13.0. The third-order valence-corrected chi connectivity index (χ3v) is 8.30. The molecule has 0 bridgehead atoms. The first kappa shape index (κ1) is 26.3. The van der Waals surface area contributed by atoms with Crippen LogP contribution in [0.2, 0.25) is 10.0 Å². The highest BCUT2D eigenvalue weighted by atomic mass is 35.5. The van der Waals surface area contributed by atoms with Gasteiger partial charge in [0.15, 0.2) is 0 Å². The normalized spacial score (nSPS) is 17.6. The standard InChI is InChI=1S/C29H39Cl2N3O/c1-19(2)8-11-32-29(35)22-9-12-33(13-10-22)18-25-20(3)14-23(15-21(25)4)24-16-34(17-24)28-26(30)6-5-7-27(28)31/h5-7,14-15,19,22,24H,8-13,16-18H2,1-4H3,(H,32,35). The molecule has 0 aliphatic carbocycles. The van der Waals surface area contributed by atoms with Gasteiger partial charge in [0.05, 0.1) is 15.7 Å². The van der Waals surface area contributed by atoms with Crippen LogP contribution in [-0.2, 0) is 11.3 Å². The minimum absolute atomic E-state index is 0.163. The maximum absolute atomic E-state index is 12.5. The molecule has 0 saturated carbocycles. The first-order valence-corrected chi connectivity index (χ1v) is 13.8. The van der Waals surface area contributed by atoms with Crippen molar-refractivity contribution in [3.8, 4) is 0 Å². The van der Waals surface area contributed by atoms with Crippen molar-refractivity contribution in [3.63, 3.8) is 0 Å². The highest BCUT2D eigenvalue weighted by Crippen LogP contribution is 2.40. The molecule has 190 valence electrons. The van der Waals surface area contributed by atoms with Crippen LogP contribution in [0.5, 0.6) is 0 Å². The minimum Gasteiger partial charge on any atom is -0.368 e. The van der Waals surface area contributed by atoms with Gasteiger partial charge in [-0.2, -0.15) is 0 Å². The predicted octanol–water partition coefficient (Wildman–Crippen LogP) is 6.59. The number of aryl methyl sites for hydroxylation is 2. The number of para-hydroxylation sites is 1. The molecule has 2 aromatic carbocycles. The van der Waals surface area contributed by atoms with Crippen LogP contribution in [0.3, 0.4) is 0 Å². The van der Waals surface area contributed by atoms with Gasteiger partial charge < -0.3 is 10.2 Å². The van der Waals surface area contributed by atoms with E-state index in [4.69, 9.17) is 23.2 Å². The Labute approximate surface area is 221 Å². The van der Waals surface area contributed by atoms with E-state index in [0.717, 1.165) is 74.3 Å². The summed E-state index contributed by atoms with van der Waals surface area (Å²) in [5.41, 5.74) is 6.51. The molecule has 0 spiro atoms. The number of hydrogen-bond acceptors (Lipinski definition) is 3. The predicted molar refractivity (Wildman–Crippen MR) is 148 cm³/mol. The minimum atomic E-state index is 0.163. The van der Waals surface area contributed by atoms with Gasteiger partial charge in [0.25, 0.3) is 0 Å². The van der Waals surface area contributed by atoms with Gasteiger partial charge in [0.1, 0.15) is 0 Å². The fourth-order valence-corrected chi connectivity index (χ4v) is 6.02. The number of halogens is 2. The van der Waals surface area contributed by atoms with E-state index >= 15 is 0 Å². The second kappa shape index (κ2) is 11.5. The second-order valence-electron chi connectivity index (χ2n) is 10.8. The molecule has 2 fully saturated rings. The van der Waals surface area contributed by atoms with Crippen LogP contribution < -0.4 is 10.2 Å².